The summed E-state index contributed by atoms with van der Waals surface area (Å²) < 4.78 is 55.9. The molecule has 0 spiro atoms. The van der Waals surface area contributed by atoms with Crippen molar-refractivity contribution in [3.05, 3.63) is 59.7 Å². The van der Waals surface area contributed by atoms with Crippen molar-refractivity contribution in [2.24, 2.45) is 0 Å². The standard InChI is InChI=1S/C17H16F2N2O5S/c1-21(2)27(24,25)13-5-3-4-11(8-13)17(23)26-10-16(22)20-12-6-7-14(18)15(19)9-12/h3-9H,10H2,1-2H3,(H,20,22). The fraction of sp³-hybridized carbons (Fsp3) is 0.176. The Hall–Kier alpha value is -2.85. The largest absolute Gasteiger partial charge is 0.452 e. The maximum atomic E-state index is 13.1. The molecule has 0 aliphatic heterocycles. The Morgan fingerprint density at radius 3 is 2.41 bits per heavy atom. The molecule has 27 heavy (non-hydrogen) atoms. The molecule has 0 bridgehead atoms. The van der Waals surface area contributed by atoms with Gasteiger partial charge in [0.05, 0.1) is 10.5 Å². The smallest absolute Gasteiger partial charge is 0.338 e. The number of rotatable bonds is 6. The molecule has 0 saturated carbocycles. The van der Waals surface area contributed by atoms with Crippen LogP contribution in [0.2, 0.25) is 0 Å². The van der Waals surface area contributed by atoms with Gasteiger partial charge in [0.1, 0.15) is 0 Å². The highest BCUT2D eigenvalue weighted by Gasteiger charge is 2.19. The van der Waals surface area contributed by atoms with Crippen molar-refractivity contribution in [3.8, 4) is 0 Å². The number of amides is 1. The Morgan fingerprint density at radius 1 is 1.07 bits per heavy atom. The highest BCUT2D eigenvalue weighted by Crippen LogP contribution is 2.16. The molecule has 2 aromatic carbocycles. The van der Waals surface area contributed by atoms with Crippen LogP contribution in [0.25, 0.3) is 0 Å². The summed E-state index contributed by atoms with van der Waals surface area (Å²) >= 11 is 0. The van der Waals surface area contributed by atoms with E-state index in [2.05, 4.69) is 5.32 Å². The predicted molar refractivity (Wildman–Crippen MR) is 92.6 cm³/mol. The molecule has 0 heterocycles. The third-order valence-corrected chi connectivity index (χ3v) is 5.20. The van der Waals surface area contributed by atoms with Gasteiger partial charge >= 0.3 is 5.97 Å². The molecule has 0 radical (unpaired) electrons. The molecule has 0 aliphatic rings. The molecule has 0 aromatic heterocycles. The van der Waals surface area contributed by atoms with Crippen LogP contribution < -0.4 is 5.32 Å². The van der Waals surface area contributed by atoms with Gasteiger partial charge in [-0.3, -0.25) is 4.79 Å². The minimum atomic E-state index is -3.73. The van der Waals surface area contributed by atoms with E-state index in [0.717, 1.165) is 28.6 Å². The molecule has 1 amide bonds. The lowest BCUT2D eigenvalue weighted by Crippen LogP contribution is -2.23. The van der Waals surface area contributed by atoms with Crippen LogP contribution in [0.1, 0.15) is 10.4 Å². The lowest BCUT2D eigenvalue weighted by atomic mass is 10.2. The first-order chi connectivity index (χ1) is 12.6. The Labute approximate surface area is 154 Å². The minimum absolute atomic E-state index is 0.00553. The molecule has 1 N–H and O–H groups in total. The summed E-state index contributed by atoms with van der Waals surface area (Å²) in [6.45, 7) is -0.692. The first kappa shape index (κ1) is 20.5. The second-order valence-corrected chi connectivity index (χ2v) is 7.72. The van der Waals surface area contributed by atoms with Crippen LogP contribution in [0.3, 0.4) is 0 Å². The Morgan fingerprint density at radius 2 is 1.78 bits per heavy atom. The number of nitrogens with zero attached hydrogens (tertiary/aromatic N) is 1. The fourth-order valence-electron chi connectivity index (χ4n) is 1.98. The van der Waals surface area contributed by atoms with E-state index in [4.69, 9.17) is 4.74 Å². The zero-order chi connectivity index (χ0) is 20.2. The average molecular weight is 398 g/mol. The number of halogens is 2. The van der Waals surface area contributed by atoms with Crippen molar-refractivity contribution in [1.29, 1.82) is 0 Å². The zero-order valence-corrected chi connectivity index (χ0v) is 15.2. The van der Waals surface area contributed by atoms with Gasteiger partial charge in [-0.15, -0.1) is 0 Å². The van der Waals surface area contributed by atoms with Crippen molar-refractivity contribution in [1.82, 2.24) is 4.31 Å². The maximum Gasteiger partial charge on any atom is 0.338 e. The van der Waals surface area contributed by atoms with E-state index in [9.17, 15) is 26.8 Å². The topological polar surface area (TPSA) is 92.8 Å². The molecule has 0 saturated heterocycles. The number of benzene rings is 2. The third kappa shape index (κ3) is 5.08. The zero-order valence-electron chi connectivity index (χ0n) is 14.4. The quantitative estimate of drug-likeness (QED) is 0.752. The summed E-state index contributed by atoms with van der Waals surface area (Å²) in [7, 11) is -1.03. The van der Waals surface area contributed by atoms with Gasteiger partial charge in [0.25, 0.3) is 5.91 Å². The van der Waals surface area contributed by atoms with Gasteiger partial charge in [0, 0.05) is 25.8 Å². The molecule has 144 valence electrons. The number of carbonyl (C=O) groups excluding carboxylic acids is 2. The van der Waals surface area contributed by atoms with Crippen molar-refractivity contribution in [2.75, 3.05) is 26.0 Å². The second-order valence-electron chi connectivity index (χ2n) is 5.57. The molecule has 0 aliphatic carbocycles. The van der Waals surface area contributed by atoms with E-state index < -0.39 is 40.1 Å². The number of hydrogen-bond acceptors (Lipinski definition) is 5. The molecule has 0 fully saturated rings. The number of ether oxygens (including phenoxy) is 1. The van der Waals surface area contributed by atoms with Crippen molar-refractivity contribution < 1.29 is 31.5 Å². The van der Waals surface area contributed by atoms with E-state index in [1.165, 1.54) is 32.3 Å². The van der Waals surface area contributed by atoms with Gasteiger partial charge in [-0.1, -0.05) is 6.07 Å². The summed E-state index contributed by atoms with van der Waals surface area (Å²) in [5, 5.41) is 2.24. The van der Waals surface area contributed by atoms with Crippen LogP contribution in [0.4, 0.5) is 14.5 Å². The molecule has 2 aromatic rings. The number of anilines is 1. The van der Waals surface area contributed by atoms with Crippen LogP contribution >= 0.6 is 0 Å². The van der Waals surface area contributed by atoms with E-state index in [1.807, 2.05) is 0 Å². The monoisotopic (exact) mass is 398 g/mol. The van der Waals surface area contributed by atoms with Crippen LogP contribution in [-0.2, 0) is 19.6 Å². The molecule has 10 heteroatoms. The van der Waals surface area contributed by atoms with Crippen LogP contribution in [0, 0.1) is 11.6 Å². The Kier molecular flexibility index (Phi) is 6.24. The first-order valence-electron chi connectivity index (χ1n) is 7.56. The number of carbonyl (C=O) groups is 2. The molecule has 2 rings (SSSR count). The molecular formula is C17H16F2N2O5S. The lowest BCUT2D eigenvalue weighted by molar-refractivity contribution is -0.119. The van der Waals surface area contributed by atoms with E-state index in [0.29, 0.717) is 0 Å². The van der Waals surface area contributed by atoms with Crippen molar-refractivity contribution >= 4 is 27.6 Å². The van der Waals surface area contributed by atoms with Gasteiger partial charge < -0.3 is 10.1 Å². The SMILES string of the molecule is CN(C)S(=O)(=O)c1cccc(C(=O)OCC(=O)Nc2ccc(F)c(F)c2)c1. The highest BCUT2D eigenvalue weighted by atomic mass is 32.2. The number of hydrogen-bond donors (Lipinski definition) is 1. The number of esters is 1. The van der Waals surface area contributed by atoms with Gasteiger partial charge in [0.15, 0.2) is 18.2 Å². The van der Waals surface area contributed by atoms with E-state index in [1.54, 1.807) is 0 Å². The van der Waals surface area contributed by atoms with Gasteiger partial charge in [-0.25, -0.2) is 26.3 Å². The Bertz CT molecular complexity index is 977. The van der Waals surface area contributed by atoms with Gasteiger partial charge in [-0.2, -0.15) is 0 Å². The summed E-state index contributed by atoms with van der Waals surface area (Å²) in [5.74, 6) is -3.88. The van der Waals surface area contributed by atoms with Gasteiger partial charge in [0.2, 0.25) is 10.0 Å². The Balaban J connectivity index is 2.01. The third-order valence-electron chi connectivity index (χ3n) is 3.39. The minimum Gasteiger partial charge on any atom is -0.452 e. The fourth-order valence-corrected chi connectivity index (χ4v) is 2.93. The summed E-state index contributed by atoms with van der Waals surface area (Å²) in [4.78, 5) is 23.7. The maximum absolute atomic E-state index is 13.1. The highest BCUT2D eigenvalue weighted by molar-refractivity contribution is 7.89. The van der Waals surface area contributed by atoms with E-state index in [-0.39, 0.29) is 16.1 Å². The second kappa shape index (κ2) is 8.23. The van der Waals surface area contributed by atoms with Gasteiger partial charge in [-0.05, 0) is 30.3 Å². The molecule has 0 unspecified atom stereocenters. The molecule has 7 nitrogen and oxygen atoms in total. The van der Waals surface area contributed by atoms with Crippen molar-refractivity contribution in [3.63, 3.8) is 0 Å². The van der Waals surface area contributed by atoms with Crippen LogP contribution in [-0.4, -0.2) is 45.3 Å². The predicted octanol–water partition coefficient (Wildman–Crippen LogP) is 2.01. The molecule has 0 atom stereocenters. The first-order valence-corrected chi connectivity index (χ1v) is 9.00. The van der Waals surface area contributed by atoms with E-state index >= 15 is 0 Å². The summed E-state index contributed by atoms with van der Waals surface area (Å²) in [5.41, 5.74) is -0.0624. The normalized spacial score (nSPS) is 11.3. The number of nitrogens with one attached hydrogen (secondary N) is 1. The van der Waals surface area contributed by atoms with Crippen molar-refractivity contribution in [2.45, 2.75) is 4.90 Å². The van der Waals surface area contributed by atoms with Crippen LogP contribution in [0.15, 0.2) is 47.4 Å². The summed E-state index contributed by atoms with van der Waals surface area (Å²) in [6, 6.07) is 7.93. The van der Waals surface area contributed by atoms with Crippen LogP contribution in [0.5, 0.6) is 0 Å². The average Bonchev–Trinajstić information content (AvgIpc) is 2.62. The lowest BCUT2D eigenvalue weighted by Gasteiger charge is -2.12. The molecular weight excluding hydrogens is 382 g/mol. The summed E-state index contributed by atoms with van der Waals surface area (Å²) in [6.07, 6.45) is 0. The number of sulfonamides is 1.